The Morgan fingerprint density at radius 3 is 2.58 bits per heavy atom. The number of esters is 1. The molecule has 0 saturated carbocycles. The number of methoxy groups -OCH3 is 1. The van der Waals surface area contributed by atoms with Gasteiger partial charge in [0.25, 0.3) is 5.91 Å². The van der Waals surface area contributed by atoms with Gasteiger partial charge in [0.15, 0.2) is 11.5 Å². The highest BCUT2D eigenvalue weighted by Crippen LogP contribution is 2.44. The summed E-state index contributed by atoms with van der Waals surface area (Å²) in [6, 6.07) is 10.2. The number of furan rings is 1. The van der Waals surface area contributed by atoms with E-state index in [1.165, 1.54) is 37.5 Å². The van der Waals surface area contributed by atoms with Crippen LogP contribution in [0, 0.1) is 0 Å². The number of rotatable bonds is 10. The van der Waals surface area contributed by atoms with Crippen molar-refractivity contribution in [2.75, 3.05) is 13.7 Å². The van der Waals surface area contributed by atoms with Crippen LogP contribution in [0.3, 0.4) is 0 Å². The molecule has 13 heteroatoms. The molecule has 11 nitrogen and oxygen atoms in total. The predicted octanol–water partition coefficient (Wildman–Crippen LogP) is 5.36. The zero-order chi connectivity index (χ0) is 29.0. The Hall–Kier alpha value is -4.10. The van der Waals surface area contributed by atoms with Gasteiger partial charge in [-0.15, -0.1) is 0 Å². The van der Waals surface area contributed by atoms with Gasteiger partial charge in [-0.1, -0.05) is 12.1 Å². The number of hydrogen-bond donors (Lipinski definition) is 2. The molecule has 1 saturated heterocycles. The van der Waals surface area contributed by atoms with Gasteiger partial charge in [0.2, 0.25) is 5.76 Å². The fourth-order valence-electron chi connectivity index (χ4n) is 3.76. The lowest BCUT2D eigenvalue weighted by Gasteiger charge is -2.17. The average molecular weight is 678 g/mol. The summed E-state index contributed by atoms with van der Waals surface area (Å²) in [5.74, 6) is -1.41. The van der Waals surface area contributed by atoms with Crippen molar-refractivity contribution < 1.29 is 42.9 Å². The Morgan fingerprint density at radius 1 is 1.10 bits per heavy atom. The SMILES string of the molecule is CCOc1cc(/C=C2\NC(=O)N(Cc3ccc(C(=O)OC)o3)C2=O)c(Br)c(Br)c1OCc1cccc(C(=O)O)c1. The highest BCUT2D eigenvalue weighted by atomic mass is 79.9. The number of ether oxygens (including phenoxy) is 3. The number of carbonyl (C=O) groups is 4. The Labute approximate surface area is 244 Å². The molecule has 0 atom stereocenters. The molecular formula is C27H22Br2N2O9. The summed E-state index contributed by atoms with van der Waals surface area (Å²) in [5, 5.41) is 11.8. The summed E-state index contributed by atoms with van der Waals surface area (Å²) in [6.45, 7) is 1.99. The average Bonchev–Trinajstić information content (AvgIpc) is 3.51. The van der Waals surface area contributed by atoms with E-state index in [4.69, 9.17) is 13.9 Å². The van der Waals surface area contributed by atoms with Gasteiger partial charge < -0.3 is 29.1 Å². The lowest BCUT2D eigenvalue weighted by molar-refractivity contribution is -0.123. The number of hydrogen-bond acceptors (Lipinski definition) is 8. The number of carbonyl (C=O) groups excluding carboxylic acids is 3. The third-order valence-corrected chi connectivity index (χ3v) is 7.78. The van der Waals surface area contributed by atoms with Crippen molar-refractivity contribution in [1.82, 2.24) is 10.2 Å². The number of urea groups is 1. The minimum Gasteiger partial charge on any atom is -0.490 e. The number of aromatic carboxylic acids is 1. The van der Waals surface area contributed by atoms with Crippen LogP contribution in [-0.4, -0.2) is 47.6 Å². The highest BCUT2D eigenvalue weighted by Gasteiger charge is 2.35. The number of halogens is 2. The molecule has 0 unspecified atom stereocenters. The normalized spacial score (nSPS) is 13.9. The summed E-state index contributed by atoms with van der Waals surface area (Å²) < 4.78 is 22.7. The molecule has 2 N–H and O–H groups in total. The van der Waals surface area contributed by atoms with Crippen molar-refractivity contribution >= 4 is 61.8 Å². The molecular weight excluding hydrogens is 656 g/mol. The van der Waals surface area contributed by atoms with Crippen molar-refractivity contribution in [3.05, 3.63) is 85.3 Å². The van der Waals surface area contributed by atoms with E-state index in [2.05, 4.69) is 41.9 Å². The smallest absolute Gasteiger partial charge is 0.373 e. The van der Waals surface area contributed by atoms with E-state index in [0.29, 0.717) is 38.2 Å². The second-order valence-electron chi connectivity index (χ2n) is 8.29. The summed E-state index contributed by atoms with van der Waals surface area (Å²) in [7, 11) is 1.21. The maximum absolute atomic E-state index is 13.0. The Morgan fingerprint density at radius 2 is 1.88 bits per heavy atom. The van der Waals surface area contributed by atoms with Gasteiger partial charge in [0, 0.05) is 4.47 Å². The van der Waals surface area contributed by atoms with E-state index >= 15 is 0 Å². The molecule has 1 fully saturated rings. The molecule has 0 aliphatic carbocycles. The molecule has 0 radical (unpaired) electrons. The quantitative estimate of drug-likeness (QED) is 0.165. The zero-order valence-corrected chi connectivity index (χ0v) is 24.3. The Kier molecular flexibility index (Phi) is 8.95. The number of carboxylic acid groups (broad SMARTS) is 1. The number of carboxylic acids is 1. The fraction of sp³-hybridized carbons (Fsp3) is 0.185. The van der Waals surface area contributed by atoms with Gasteiger partial charge >= 0.3 is 18.0 Å². The topological polar surface area (TPSA) is 145 Å². The van der Waals surface area contributed by atoms with E-state index in [0.717, 1.165) is 4.90 Å². The molecule has 1 aliphatic heterocycles. The molecule has 40 heavy (non-hydrogen) atoms. The molecule has 4 rings (SSSR count). The molecule has 0 spiro atoms. The summed E-state index contributed by atoms with van der Waals surface area (Å²) in [6.07, 6.45) is 1.49. The molecule has 3 aromatic rings. The standard InChI is InChI=1S/C27H22Br2N2O9/c1-3-38-20-11-16(21(28)22(29)23(20)39-13-14-5-4-6-15(9-14)25(33)34)10-18-24(32)31(27(36)30-18)12-17-7-8-19(40-17)26(35)37-2/h4-11H,3,12-13H2,1-2H3,(H,30,36)(H,33,34)/b18-10-. The lowest BCUT2D eigenvalue weighted by Crippen LogP contribution is -2.30. The third kappa shape index (κ3) is 6.20. The summed E-state index contributed by atoms with van der Waals surface area (Å²) >= 11 is 7.01. The summed E-state index contributed by atoms with van der Waals surface area (Å²) in [5.41, 5.74) is 1.30. The second-order valence-corrected chi connectivity index (χ2v) is 9.87. The number of nitrogens with one attached hydrogen (secondary N) is 1. The molecule has 2 aromatic carbocycles. The first-order valence-electron chi connectivity index (χ1n) is 11.7. The van der Waals surface area contributed by atoms with E-state index < -0.39 is 23.9 Å². The molecule has 0 bridgehead atoms. The number of amides is 3. The van der Waals surface area contributed by atoms with E-state index in [-0.39, 0.29) is 35.9 Å². The molecule has 1 aliphatic rings. The molecule has 1 aromatic heterocycles. The van der Waals surface area contributed by atoms with Crippen molar-refractivity contribution in [3.8, 4) is 11.5 Å². The van der Waals surface area contributed by atoms with Crippen LogP contribution in [0.5, 0.6) is 11.5 Å². The van der Waals surface area contributed by atoms with Gasteiger partial charge in [-0.05, 0) is 86.3 Å². The molecule has 208 valence electrons. The zero-order valence-electron chi connectivity index (χ0n) is 21.2. The van der Waals surface area contributed by atoms with Crippen LogP contribution in [0.1, 0.15) is 44.7 Å². The second kappa shape index (κ2) is 12.4. The maximum atomic E-state index is 13.0. The maximum Gasteiger partial charge on any atom is 0.373 e. The van der Waals surface area contributed by atoms with Crippen molar-refractivity contribution in [1.29, 1.82) is 0 Å². The van der Waals surface area contributed by atoms with E-state index in [9.17, 15) is 24.3 Å². The summed E-state index contributed by atoms with van der Waals surface area (Å²) in [4.78, 5) is 49.5. The number of nitrogens with zero attached hydrogens (tertiary/aromatic N) is 1. The van der Waals surface area contributed by atoms with Crippen LogP contribution in [0.4, 0.5) is 4.79 Å². The highest BCUT2D eigenvalue weighted by molar-refractivity contribution is 9.13. The Bertz CT molecular complexity index is 1530. The van der Waals surface area contributed by atoms with Crippen LogP contribution in [0.2, 0.25) is 0 Å². The predicted molar refractivity (Wildman–Crippen MR) is 148 cm³/mol. The first-order chi connectivity index (χ1) is 19.1. The van der Waals surface area contributed by atoms with Crippen LogP contribution in [0.25, 0.3) is 6.08 Å². The third-order valence-electron chi connectivity index (χ3n) is 5.64. The monoisotopic (exact) mass is 676 g/mol. The van der Waals surface area contributed by atoms with Crippen LogP contribution >= 0.6 is 31.9 Å². The van der Waals surface area contributed by atoms with Crippen LogP contribution in [0.15, 0.2) is 61.5 Å². The Balaban J connectivity index is 1.57. The van der Waals surface area contributed by atoms with Crippen LogP contribution in [-0.2, 0) is 22.7 Å². The fourth-order valence-corrected chi connectivity index (χ4v) is 4.70. The van der Waals surface area contributed by atoms with E-state index in [1.807, 2.05) is 0 Å². The van der Waals surface area contributed by atoms with E-state index in [1.54, 1.807) is 25.1 Å². The number of benzene rings is 2. The van der Waals surface area contributed by atoms with Crippen LogP contribution < -0.4 is 14.8 Å². The molecule has 2 heterocycles. The largest absolute Gasteiger partial charge is 0.490 e. The van der Waals surface area contributed by atoms with Gasteiger partial charge in [0.1, 0.15) is 18.1 Å². The first kappa shape index (κ1) is 28.9. The van der Waals surface area contributed by atoms with Gasteiger partial charge in [-0.3, -0.25) is 9.69 Å². The molecule has 3 amide bonds. The number of imide groups is 1. The minimum atomic E-state index is -1.04. The van der Waals surface area contributed by atoms with Crippen molar-refractivity contribution in [3.63, 3.8) is 0 Å². The van der Waals surface area contributed by atoms with Gasteiger partial charge in [-0.25, -0.2) is 14.4 Å². The van der Waals surface area contributed by atoms with Gasteiger partial charge in [0.05, 0.1) is 30.3 Å². The van der Waals surface area contributed by atoms with Gasteiger partial charge in [-0.2, -0.15) is 0 Å². The van der Waals surface area contributed by atoms with Crippen molar-refractivity contribution in [2.24, 2.45) is 0 Å². The minimum absolute atomic E-state index is 0.0129. The van der Waals surface area contributed by atoms with Crippen molar-refractivity contribution in [2.45, 2.75) is 20.1 Å². The first-order valence-corrected chi connectivity index (χ1v) is 13.3. The lowest BCUT2D eigenvalue weighted by atomic mass is 10.1.